The van der Waals surface area contributed by atoms with Crippen molar-refractivity contribution in [1.29, 1.82) is 0 Å². The molecule has 96 valence electrons. The lowest BCUT2D eigenvalue weighted by molar-refractivity contribution is -0.154. The predicted octanol–water partition coefficient (Wildman–Crippen LogP) is 3.46. The van der Waals surface area contributed by atoms with E-state index in [0.717, 1.165) is 6.42 Å². The average Bonchev–Trinajstić information content (AvgIpc) is 2.24. The minimum absolute atomic E-state index is 0.179. The topological polar surface area (TPSA) is 29.5 Å². The maximum absolute atomic E-state index is 12.2. The van der Waals surface area contributed by atoms with Gasteiger partial charge in [-0.25, -0.2) is 0 Å². The fraction of sp³-hybridized carbons (Fsp3) is 0.500. The van der Waals surface area contributed by atoms with Crippen LogP contribution in [0.25, 0.3) is 0 Å². The zero-order valence-corrected chi connectivity index (χ0v) is 9.50. The summed E-state index contributed by atoms with van der Waals surface area (Å²) < 4.78 is 41.8. The average molecular weight is 248 g/mol. The second-order valence-electron chi connectivity index (χ2n) is 3.72. The molecule has 0 aliphatic rings. The van der Waals surface area contributed by atoms with Crippen molar-refractivity contribution < 1.29 is 23.0 Å². The molecule has 0 saturated carbocycles. The Labute approximate surface area is 98.0 Å². The van der Waals surface area contributed by atoms with Crippen LogP contribution in [-0.2, 0) is 0 Å². The van der Waals surface area contributed by atoms with Gasteiger partial charge in [-0.2, -0.15) is 13.2 Å². The van der Waals surface area contributed by atoms with E-state index in [0.29, 0.717) is 12.4 Å². The van der Waals surface area contributed by atoms with Gasteiger partial charge < -0.3 is 9.84 Å². The molecule has 1 aromatic carbocycles. The Hall–Kier alpha value is -1.23. The molecule has 5 heteroatoms. The van der Waals surface area contributed by atoms with Crippen LogP contribution in [0.5, 0.6) is 5.75 Å². The first-order chi connectivity index (χ1) is 7.94. The molecule has 0 aromatic heterocycles. The summed E-state index contributed by atoms with van der Waals surface area (Å²) in [5.74, 6) is 0.311. The summed E-state index contributed by atoms with van der Waals surface area (Å²) in [7, 11) is 0. The number of para-hydroxylation sites is 1. The molecule has 0 amide bonds. The highest BCUT2D eigenvalue weighted by atomic mass is 19.4. The SMILES string of the molecule is CCCOc1ccccc1C(O)CC(F)(F)F. The van der Waals surface area contributed by atoms with Crippen molar-refractivity contribution in [2.45, 2.75) is 32.0 Å². The summed E-state index contributed by atoms with van der Waals surface area (Å²) in [5.41, 5.74) is 0.179. The second-order valence-corrected chi connectivity index (χ2v) is 3.72. The molecule has 0 radical (unpaired) electrons. The van der Waals surface area contributed by atoms with Crippen molar-refractivity contribution in [3.63, 3.8) is 0 Å². The molecule has 2 nitrogen and oxygen atoms in total. The Kier molecular flexibility index (Phi) is 4.81. The molecule has 0 aliphatic heterocycles. The van der Waals surface area contributed by atoms with Crippen molar-refractivity contribution in [3.05, 3.63) is 29.8 Å². The minimum atomic E-state index is -4.39. The largest absolute Gasteiger partial charge is 0.493 e. The van der Waals surface area contributed by atoms with Gasteiger partial charge in [-0.1, -0.05) is 25.1 Å². The van der Waals surface area contributed by atoms with Gasteiger partial charge in [0.05, 0.1) is 19.1 Å². The Morgan fingerprint density at radius 2 is 1.94 bits per heavy atom. The van der Waals surface area contributed by atoms with Crippen LogP contribution >= 0.6 is 0 Å². The molecule has 0 spiro atoms. The monoisotopic (exact) mass is 248 g/mol. The van der Waals surface area contributed by atoms with Gasteiger partial charge in [0, 0.05) is 5.56 Å². The fourth-order valence-electron chi connectivity index (χ4n) is 1.43. The summed E-state index contributed by atoms with van der Waals surface area (Å²) in [5, 5.41) is 9.54. The molecule has 1 aromatic rings. The molecular formula is C12H15F3O2. The van der Waals surface area contributed by atoms with Crippen LogP contribution in [0.3, 0.4) is 0 Å². The van der Waals surface area contributed by atoms with Crippen LogP contribution in [0, 0.1) is 0 Å². The molecule has 1 N–H and O–H groups in total. The Morgan fingerprint density at radius 1 is 1.29 bits per heavy atom. The van der Waals surface area contributed by atoms with Gasteiger partial charge in [0.25, 0.3) is 0 Å². The van der Waals surface area contributed by atoms with Gasteiger partial charge in [-0.05, 0) is 12.5 Å². The quantitative estimate of drug-likeness (QED) is 0.864. The Morgan fingerprint density at radius 3 is 2.53 bits per heavy atom. The predicted molar refractivity (Wildman–Crippen MR) is 57.9 cm³/mol. The zero-order valence-electron chi connectivity index (χ0n) is 9.50. The normalized spacial score (nSPS) is 13.5. The summed E-state index contributed by atoms with van der Waals surface area (Å²) in [4.78, 5) is 0. The molecule has 1 atom stereocenters. The summed E-state index contributed by atoms with van der Waals surface area (Å²) in [6.45, 7) is 2.31. The van der Waals surface area contributed by atoms with Crippen molar-refractivity contribution >= 4 is 0 Å². The van der Waals surface area contributed by atoms with E-state index in [1.54, 1.807) is 18.2 Å². The summed E-state index contributed by atoms with van der Waals surface area (Å²) in [6, 6.07) is 6.24. The number of aliphatic hydroxyl groups excluding tert-OH is 1. The molecule has 0 fully saturated rings. The van der Waals surface area contributed by atoms with Crippen LogP contribution in [-0.4, -0.2) is 17.9 Å². The molecule has 17 heavy (non-hydrogen) atoms. The van der Waals surface area contributed by atoms with E-state index < -0.39 is 18.7 Å². The highest BCUT2D eigenvalue weighted by Gasteiger charge is 2.32. The Bertz CT molecular complexity index is 350. The third-order valence-electron chi connectivity index (χ3n) is 2.16. The lowest BCUT2D eigenvalue weighted by atomic mass is 10.1. The standard InChI is InChI=1S/C12H15F3O2/c1-2-7-17-11-6-4-3-5-9(11)10(16)8-12(13,14)15/h3-6,10,16H,2,7-8H2,1H3. The molecule has 1 unspecified atom stereocenters. The van der Waals surface area contributed by atoms with Crippen molar-refractivity contribution in [2.24, 2.45) is 0 Å². The molecule has 0 heterocycles. The van der Waals surface area contributed by atoms with Gasteiger partial charge in [-0.3, -0.25) is 0 Å². The zero-order chi connectivity index (χ0) is 12.9. The van der Waals surface area contributed by atoms with Crippen LogP contribution in [0.2, 0.25) is 0 Å². The molecule has 0 aliphatic carbocycles. The maximum Gasteiger partial charge on any atom is 0.391 e. The molecular weight excluding hydrogens is 233 g/mol. The number of hydrogen-bond acceptors (Lipinski definition) is 2. The van der Waals surface area contributed by atoms with E-state index >= 15 is 0 Å². The van der Waals surface area contributed by atoms with E-state index in [-0.39, 0.29) is 5.56 Å². The lowest BCUT2D eigenvalue weighted by Gasteiger charge is -2.17. The lowest BCUT2D eigenvalue weighted by Crippen LogP contribution is -2.14. The number of benzene rings is 1. The third kappa shape index (κ3) is 4.65. The smallest absolute Gasteiger partial charge is 0.391 e. The first-order valence-electron chi connectivity index (χ1n) is 5.40. The summed E-state index contributed by atoms with van der Waals surface area (Å²) in [6.07, 6.45) is -6.48. The number of alkyl halides is 3. The minimum Gasteiger partial charge on any atom is -0.493 e. The van der Waals surface area contributed by atoms with Gasteiger partial charge in [0.1, 0.15) is 5.75 Å². The second kappa shape index (κ2) is 5.91. The van der Waals surface area contributed by atoms with Gasteiger partial charge in [0.2, 0.25) is 0 Å². The van der Waals surface area contributed by atoms with Crippen molar-refractivity contribution in [1.82, 2.24) is 0 Å². The number of hydrogen-bond donors (Lipinski definition) is 1. The number of rotatable bonds is 5. The van der Waals surface area contributed by atoms with Crippen molar-refractivity contribution in [2.75, 3.05) is 6.61 Å². The van der Waals surface area contributed by atoms with E-state index in [1.807, 2.05) is 6.92 Å². The van der Waals surface area contributed by atoms with Crippen LogP contribution < -0.4 is 4.74 Å². The maximum atomic E-state index is 12.2. The Balaban J connectivity index is 2.81. The number of ether oxygens (including phenoxy) is 1. The van der Waals surface area contributed by atoms with Gasteiger partial charge in [-0.15, -0.1) is 0 Å². The fourth-order valence-corrected chi connectivity index (χ4v) is 1.43. The number of aliphatic hydroxyl groups is 1. The molecule has 0 bridgehead atoms. The first kappa shape index (κ1) is 13.8. The van der Waals surface area contributed by atoms with Crippen LogP contribution in [0.1, 0.15) is 31.4 Å². The summed E-state index contributed by atoms with van der Waals surface area (Å²) >= 11 is 0. The van der Waals surface area contributed by atoms with E-state index in [9.17, 15) is 18.3 Å². The molecule has 0 saturated heterocycles. The van der Waals surface area contributed by atoms with E-state index in [2.05, 4.69) is 0 Å². The van der Waals surface area contributed by atoms with Gasteiger partial charge in [0.15, 0.2) is 0 Å². The van der Waals surface area contributed by atoms with Gasteiger partial charge >= 0.3 is 6.18 Å². The van der Waals surface area contributed by atoms with Crippen LogP contribution in [0.15, 0.2) is 24.3 Å². The third-order valence-corrected chi connectivity index (χ3v) is 2.16. The van der Waals surface area contributed by atoms with Crippen LogP contribution in [0.4, 0.5) is 13.2 Å². The highest BCUT2D eigenvalue weighted by molar-refractivity contribution is 5.35. The van der Waals surface area contributed by atoms with E-state index in [4.69, 9.17) is 4.74 Å². The first-order valence-corrected chi connectivity index (χ1v) is 5.40. The number of halogens is 3. The highest BCUT2D eigenvalue weighted by Crippen LogP contribution is 2.33. The molecule has 1 rings (SSSR count). The van der Waals surface area contributed by atoms with E-state index in [1.165, 1.54) is 6.07 Å². The van der Waals surface area contributed by atoms with Crippen molar-refractivity contribution in [3.8, 4) is 5.75 Å².